The fourth-order valence-corrected chi connectivity index (χ4v) is 2.10. The maximum atomic E-state index is 12.3. The minimum absolute atomic E-state index is 0.152. The Morgan fingerprint density at radius 2 is 2.10 bits per heavy atom. The van der Waals surface area contributed by atoms with Crippen LogP contribution in [0.5, 0.6) is 0 Å². The van der Waals surface area contributed by atoms with Crippen LogP contribution in [0.4, 0.5) is 0 Å². The molecule has 6 nitrogen and oxygen atoms in total. The Kier molecular flexibility index (Phi) is 5.30. The van der Waals surface area contributed by atoms with Gasteiger partial charge in [0.05, 0.1) is 6.04 Å². The number of carbonyl (C=O) groups is 2. The normalized spacial score (nSPS) is 12.8. The third-order valence-electron chi connectivity index (χ3n) is 3.11. The predicted molar refractivity (Wildman–Crippen MR) is 76.9 cm³/mol. The molecule has 1 aromatic heterocycles. The number of imidazole rings is 1. The van der Waals surface area contributed by atoms with Crippen LogP contribution in [0.25, 0.3) is 0 Å². The number of nitrogens with zero attached hydrogens (tertiary/aromatic N) is 2. The minimum atomic E-state index is -0.941. The molecule has 6 heteroatoms. The van der Waals surface area contributed by atoms with Crippen LogP contribution >= 0.6 is 0 Å². The number of aryl methyl sites for hydroxylation is 1. The van der Waals surface area contributed by atoms with Gasteiger partial charge in [0.2, 0.25) is 11.8 Å². The fraction of sp³-hybridized carbons (Fsp3) is 0.643. The number of hydrogen-bond acceptors (Lipinski definition) is 3. The average molecular weight is 280 g/mol. The van der Waals surface area contributed by atoms with E-state index in [9.17, 15) is 9.59 Å². The van der Waals surface area contributed by atoms with Crippen LogP contribution in [0, 0.1) is 0 Å². The van der Waals surface area contributed by atoms with Crippen LogP contribution < -0.4 is 10.6 Å². The van der Waals surface area contributed by atoms with E-state index in [1.54, 1.807) is 20.0 Å². The second-order valence-electron chi connectivity index (χ2n) is 5.52. The monoisotopic (exact) mass is 280 g/mol. The molecule has 2 N–H and O–H groups in total. The van der Waals surface area contributed by atoms with E-state index >= 15 is 0 Å². The van der Waals surface area contributed by atoms with Crippen molar-refractivity contribution in [2.24, 2.45) is 7.05 Å². The molecule has 0 fully saturated rings. The lowest BCUT2D eigenvalue weighted by Crippen LogP contribution is -2.54. The molecule has 0 radical (unpaired) electrons. The lowest BCUT2D eigenvalue weighted by Gasteiger charge is -2.27. The molecule has 112 valence electrons. The predicted octanol–water partition coefficient (Wildman–Crippen LogP) is 1.29. The smallest absolute Gasteiger partial charge is 0.245 e. The number of nitrogens with one attached hydrogen (secondary N) is 2. The highest BCUT2D eigenvalue weighted by Gasteiger charge is 2.31. The van der Waals surface area contributed by atoms with E-state index in [2.05, 4.69) is 22.5 Å². The molecular weight excluding hydrogens is 256 g/mol. The number of rotatable bonds is 6. The van der Waals surface area contributed by atoms with E-state index in [0.29, 0.717) is 0 Å². The van der Waals surface area contributed by atoms with Gasteiger partial charge in [-0.15, -0.1) is 0 Å². The van der Waals surface area contributed by atoms with Gasteiger partial charge < -0.3 is 15.2 Å². The van der Waals surface area contributed by atoms with E-state index in [0.717, 1.165) is 18.7 Å². The van der Waals surface area contributed by atoms with E-state index in [1.165, 1.54) is 6.92 Å². The van der Waals surface area contributed by atoms with Gasteiger partial charge in [0.1, 0.15) is 11.4 Å². The molecule has 1 aromatic rings. The summed E-state index contributed by atoms with van der Waals surface area (Å²) in [7, 11) is 1.90. The van der Waals surface area contributed by atoms with Crippen LogP contribution in [0.2, 0.25) is 0 Å². The molecule has 0 unspecified atom stereocenters. The summed E-state index contributed by atoms with van der Waals surface area (Å²) in [6.45, 7) is 6.83. The van der Waals surface area contributed by atoms with Crippen molar-refractivity contribution in [3.8, 4) is 0 Å². The third-order valence-corrected chi connectivity index (χ3v) is 3.11. The molecule has 0 saturated heterocycles. The Morgan fingerprint density at radius 1 is 1.45 bits per heavy atom. The number of aromatic nitrogens is 2. The van der Waals surface area contributed by atoms with Gasteiger partial charge in [-0.2, -0.15) is 0 Å². The van der Waals surface area contributed by atoms with Gasteiger partial charge in [-0.05, 0) is 20.3 Å². The lowest BCUT2D eigenvalue weighted by atomic mass is 10.0. The summed E-state index contributed by atoms with van der Waals surface area (Å²) < 4.78 is 1.89. The van der Waals surface area contributed by atoms with Gasteiger partial charge in [0, 0.05) is 26.4 Å². The Hall–Kier alpha value is -1.85. The van der Waals surface area contributed by atoms with Crippen molar-refractivity contribution in [1.82, 2.24) is 20.2 Å². The van der Waals surface area contributed by atoms with Gasteiger partial charge in [-0.25, -0.2) is 4.98 Å². The van der Waals surface area contributed by atoms with E-state index < -0.39 is 5.54 Å². The van der Waals surface area contributed by atoms with E-state index in [-0.39, 0.29) is 17.9 Å². The standard InChI is InChI=1S/C14H24N4O2/c1-6-7-11(12-15-8-9-18(12)5)16-13(20)14(3,4)17-10(2)19/h8-9,11H,6-7H2,1-5H3,(H,16,20)(H,17,19)/t11-/m0/s1. The zero-order valence-corrected chi connectivity index (χ0v) is 12.9. The first-order chi connectivity index (χ1) is 9.27. The summed E-state index contributed by atoms with van der Waals surface area (Å²) in [5.74, 6) is 0.377. The molecule has 2 amide bonds. The topological polar surface area (TPSA) is 76.0 Å². The summed E-state index contributed by atoms with van der Waals surface area (Å²) >= 11 is 0. The molecule has 0 aliphatic rings. The quantitative estimate of drug-likeness (QED) is 0.824. The molecule has 0 aliphatic heterocycles. The van der Waals surface area contributed by atoms with Crippen LogP contribution in [0.15, 0.2) is 12.4 Å². The molecule has 0 saturated carbocycles. The van der Waals surface area contributed by atoms with Gasteiger partial charge >= 0.3 is 0 Å². The summed E-state index contributed by atoms with van der Waals surface area (Å²) in [6, 6.07) is -0.152. The number of carbonyl (C=O) groups excluding carboxylic acids is 2. The summed E-state index contributed by atoms with van der Waals surface area (Å²) in [6.07, 6.45) is 5.29. The minimum Gasteiger partial charge on any atom is -0.344 e. The lowest BCUT2D eigenvalue weighted by molar-refractivity contribution is -0.132. The van der Waals surface area contributed by atoms with Crippen molar-refractivity contribution in [2.75, 3.05) is 0 Å². The fourth-order valence-electron chi connectivity index (χ4n) is 2.10. The molecule has 20 heavy (non-hydrogen) atoms. The Bertz CT molecular complexity index is 479. The van der Waals surface area contributed by atoms with Gasteiger partial charge in [-0.1, -0.05) is 13.3 Å². The molecule has 0 bridgehead atoms. The van der Waals surface area contributed by atoms with Crippen LogP contribution in [0.3, 0.4) is 0 Å². The van der Waals surface area contributed by atoms with Gasteiger partial charge in [0.15, 0.2) is 0 Å². The zero-order chi connectivity index (χ0) is 15.3. The average Bonchev–Trinajstić information content (AvgIpc) is 2.73. The maximum Gasteiger partial charge on any atom is 0.245 e. The number of hydrogen-bond donors (Lipinski definition) is 2. The summed E-state index contributed by atoms with van der Waals surface area (Å²) in [4.78, 5) is 27.8. The SMILES string of the molecule is CCC[C@H](NC(=O)C(C)(C)NC(C)=O)c1nccn1C. The molecule has 0 spiro atoms. The summed E-state index contributed by atoms with van der Waals surface area (Å²) in [5.41, 5.74) is -0.941. The molecule has 1 rings (SSSR count). The zero-order valence-electron chi connectivity index (χ0n) is 12.9. The Morgan fingerprint density at radius 3 is 2.55 bits per heavy atom. The molecule has 1 atom stereocenters. The van der Waals surface area contributed by atoms with Crippen molar-refractivity contribution < 1.29 is 9.59 Å². The highest BCUT2D eigenvalue weighted by Crippen LogP contribution is 2.17. The largest absolute Gasteiger partial charge is 0.344 e. The third kappa shape index (κ3) is 4.08. The Balaban J connectivity index is 2.83. The maximum absolute atomic E-state index is 12.3. The first-order valence-corrected chi connectivity index (χ1v) is 6.85. The highest BCUT2D eigenvalue weighted by atomic mass is 16.2. The second-order valence-corrected chi connectivity index (χ2v) is 5.52. The van der Waals surface area contributed by atoms with Crippen LogP contribution in [-0.2, 0) is 16.6 Å². The van der Waals surface area contributed by atoms with Crippen molar-refractivity contribution in [3.63, 3.8) is 0 Å². The van der Waals surface area contributed by atoms with E-state index in [4.69, 9.17) is 0 Å². The van der Waals surface area contributed by atoms with Gasteiger partial charge in [-0.3, -0.25) is 9.59 Å². The van der Waals surface area contributed by atoms with Gasteiger partial charge in [0.25, 0.3) is 0 Å². The second kappa shape index (κ2) is 6.54. The first-order valence-electron chi connectivity index (χ1n) is 6.85. The van der Waals surface area contributed by atoms with Crippen molar-refractivity contribution in [2.45, 2.75) is 52.1 Å². The summed E-state index contributed by atoms with van der Waals surface area (Å²) in [5, 5.41) is 5.62. The van der Waals surface area contributed by atoms with Crippen LogP contribution in [0.1, 0.15) is 52.4 Å². The Labute approximate surface area is 120 Å². The van der Waals surface area contributed by atoms with Crippen LogP contribution in [-0.4, -0.2) is 26.9 Å². The number of amides is 2. The van der Waals surface area contributed by atoms with Crippen molar-refractivity contribution >= 4 is 11.8 Å². The highest BCUT2D eigenvalue weighted by molar-refractivity contribution is 5.90. The van der Waals surface area contributed by atoms with Crippen molar-refractivity contribution in [3.05, 3.63) is 18.2 Å². The molecule has 0 aromatic carbocycles. The van der Waals surface area contributed by atoms with E-state index in [1.807, 2.05) is 17.8 Å². The molecular formula is C14H24N4O2. The molecule has 0 aliphatic carbocycles. The van der Waals surface area contributed by atoms with Crippen molar-refractivity contribution in [1.29, 1.82) is 0 Å². The molecule has 1 heterocycles. The first kappa shape index (κ1) is 16.2.